The third kappa shape index (κ3) is 5.07. The minimum atomic E-state index is -0.520. The zero-order chi connectivity index (χ0) is 24.5. The van der Waals surface area contributed by atoms with Crippen molar-refractivity contribution in [1.29, 1.82) is 0 Å². The van der Waals surface area contributed by atoms with Crippen LogP contribution >= 0.6 is 11.6 Å². The fourth-order valence-electron chi connectivity index (χ4n) is 5.14. The molecule has 3 aliphatic rings. The van der Waals surface area contributed by atoms with E-state index in [2.05, 4.69) is 16.0 Å². The van der Waals surface area contributed by atoms with Gasteiger partial charge in [0.15, 0.2) is 0 Å². The van der Waals surface area contributed by atoms with Gasteiger partial charge in [-0.15, -0.1) is 0 Å². The number of ether oxygens (including phenoxy) is 1. The maximum Gasteiger partial charge on any atom is 0.315 e. The molecule has 2 fully saturated rings. The van der Waals surface area contributed by atoms with Gasteiger partial charge >= 0.3 is 6.03 Å². The molecule has 4 atom stereocenters. The topological polar surface area (TPSA) is 103 Å². The molecule has 35 heavy (non-hydrogen) atoms. The molecule has 8 nitrogen and oxygen atoms in total. The van der Waals surface area contributed by atoms with Crippen LogP contribution in [0.15, 0.2) is 36.4 Å². The number of amides is 3. The standard InChI is InChI=1S/C25H28ClFN4O4/c26-18-5-4-15(27)9-16(18)21-2-1-7-31(21)24(33)12-29-25(34)28-11-14-3-6-19-17(8-14)23-10-20(30-19)22(32)13-35-23/h3-6,8-9,20-23,30,32H,1-2,7,10-13H2,(H2,28,29,34)/t20-,21-,22-,23-/m1/s1. The molecule has 2 aromatic rings. The lowest BCUT2D eigenvalue weighted by Gasteiger charge is -2.40. The van der Waals surface area contributed by atoms with Crippen molar-refractivity contribution in [3.05, 3.63) is 63.9 Å². The molecule has 0 aliphatic carbocycles. The van der Waals surface area contributed by atoms with Gasteiger partial charge in [0.2, 0.25) is 5.91 Å². The first-order chi connectivity index (χ1) is 16.9. The number of carbonyl (C=O) groups excluding carboxylic acids is 2. The summed E-state index contributed by atoms with van der Waals surface area (Å²) in [7, 11) is 0. The van der Waals surface area contributed by atoms with Gasteiger partial charge in [-0.05, 0) is 54.3 Å². The van der Waals surface area contributed by atoms with Crippen molar-refractivity contribution < 1.29 is 23.8 Å². The van der Waals surface area contributed by atoms with Crippen LogP contribution in [0.25, 0.3) is 0 Å². The Kier molecular flexibility index (Phi) is 6.82. The first-order valence-corrected chi connectivity index (χ1v) is 12.2. The predicted molar refractivity (Wildman–Crippen MR) is 129 cm³/mol. The van der Waals surface area contributed by atoms with Crippen molar-refractivity contribution in [2.45, 2.75) is 50.1 Å². The van der Waals surface area contributed by atoms with E-state index in [4.69, 9.17) is 16.3 Å². The maximum atomic E-state index is 13.7. The van der Waals surface area contributed by atoms with E-state index in [1.165, 1.54) is 18.2 Å². The van der Waals surface area contributed by atoms with Crippen molar-refractivity contribution in [3.8, 4) is 0 Å². The molecule has 0 spiro atoms. The Balaban J connectivity index is 1.14. The third-order valence-electron chi connectivity index (χ3n) is 6.95. The van der Waals surface area contributed by atoms with Gasteiger partial charge in [0.25, 0.3) is 0 Å². The summed E-state index contributed by atoms with van der Waals surface area (Å²) >= 11 is 6.25. The predicted octanol–water partition coefficient (Wildman–Crippen LogP) is 3.26. The largest absolute Gasteiger partial charge is 0.389 e. The molecule has 5 rings (SSSR count). The van der Waals surface area contributed by atoms with Gasteiger partial charge in [-0.3, -0.25) is 4.79 Å². The monoisotopic (exact) mass is 502 g/mol. The van der Waals surface area contributed by atoms with Crippen molar-refractivity contribution in [2.75, 3.05) is 25.0 Å². The second kappa shape index (κ2) is 10.0. The highest BCUT2D eigenvalue weighted by atomic mass is 35.5. The average Bonchev–Trinajstić information content (AvgIpc) is 3.35. The van der Waals surface area contributed by atoms with Crippen LogP contribution in [0.3, 0.4) is 0 Å². The SMILES string of the molecule is O=C(NCC(=O)N1CCC[C@@H]1c1cc(F)ccc1Cl)NCc1ccc2c(c1)[C@H]1C[C@@H](N2)[C@H](O)CO1. The number of halogens is 2. The third-order valence-corrected chi connectivity index (χ3v) is 7.29. The van der Waals surface area contributed by atoms with Crippen LogP contribution in [0, 0.1) is 5.82 Å². The summed E-state index contributed by atoms with van der Waals surface area (Å²) in [5, 5.41) is 19.2. The quantitative estimate of drug-likeness (QED) is 0.502. The van der Waals surface area contributed by atoms with Gasteiger partial charge in [0.1, 0.15) is 5.82 Å². The molecular weight excluding hydrogens is 475 g/mol. The molecule has 0 saturated carbocycles. The van der Waals surface area contributed by atoms with Gasteiger partial charge in [-0.1, -0.05) is 17.7 Å². The number of anilines is 1. The number of nitrogens with zero attached hydrogens (tertiary/aromatic N) is 1. The Hall–Kier alpha value is -2.88. The second-order valence-electron chi connectivity index (χ2n) is 9.24. The fraction of sp³-hybridized carbons (Fsp3) is 0.440. The average molecular weight is 503 g/mol. The Labute approximate surface area is 207 Å². The van der Waals surface area contributed by atoms with Crippen LogP contribution in [0.2, 0.25) is 5.02 Å². The van der Waals surface area contributed by atoms with Crippen LogP contribution in [0.1, 0.15) is 48.1 Å². The van der Waals surface area contributed by atoms with E-state index in [0.717, 1.165) is 23.2 Å². The number of carbonyl (C=O) groups is 2. The van der Waals surface area contributed by atoms with Gasteiger partial charge in [-0.2, -0.15) is 0 Å². The number of hydrogen-bond donors (Lipinski definition) is 4. The summed E-state index contributed by atoms with van der Waals surface area (Å²) in [6.07, 6.45) is 1.58. The van der Waals surface area contributed by atoms with Gasteiger partial charge in [0.05, 0.1) is 37.4 Å². The van der Waals surface area contributed by atoms with Crippen molar-refractivity contribution >= 4 is 29.2 Å². The van der Waals surface area contributed by atoms with E-state index in [0.29, 0.717) is 36.6 Å². The Morgan fingerprint density at radius 2 is 2.06 bits per heavy atom. The number of nitrogens with one attached hydrogen (secondary N) is 3. The molecule has 2 saturated heterocycles. The number of likely N-dealkylation sites (tertiary alicyclic amines) is 1. The summed E-state index contributed by atoms with van der Waals surface area (Å²) in [4.78, 5) is 26.8. The highest BCUT2D eigenvalue weighted by Gasteiger charge is 2.36. The number of aliphatic hydroxyl groups is 1. The molecule has 10 heteroatoms. The lowest BCUT2D eigenvalue weighted by molar-refractivity contribution is -0.131. The number of fused-ring (bicyclic) bond motifs is 4. The number of rotatable bonds is 5. The highest BCUT2D eigenvalue weighted by molar-refractivity contribution is 6.31. The zero-order valence-electron chi connectivity index (χ0n) is 19.1. The van der Waals surface area contributed by atoms with E-state index >= 15 is 0 Å². The molecule has 186 valence electrons. The lowest BCUT2D eigenvalue weighted by Crippen LogP contribution is -2.46. The summed E-state index contributed by atoms with van der Waals surface area (Å²) < 4.78 is 19.5. The molecule has 0 unspecified atom stereocenters. The van der Waals surface area contributed by atoms with E-state index in [1.807, 2.05) is 18.2 Å². The summed E-state index contributed by atoms with van der Waals surface area (Å²) in [5.41, 5.74) is 3.44. The summed E-state index contributed by atoms with van der Waals surface area (Å²) in [6, 6.07) is 9.21. The van der Waals surface area contributed by atoms with E-state index < -0.39 is 18.0 Å². The first-order valence-electron chi connectivity index (χ1n) is 11.8. The van der Waals surface area contributed by atoms with Gasteiger partial charge < -0.3 is 30.7 Å². The molecule has 3 heterocycles. The summed E-state index contributed by atoms with van der Waals surface area (Å²) in [5.74, 6) is -0.638. The molecule has 3 aliphatic heterocycles. The zero-order valence-corrected chi connectivity index (χ0v) is 19.9. The number of urea groups is 1. The van der Waals surface area contributed by atoms with Crippen LogP contribution in [0.4, 0.5) is 14.9 Å². The number of aliphatic hydroxyl groups excluding tert-OH is 1. The van der Waals surface area contributed by atoms with Gasteiger partial charge in [0, 0.05) is 35.8 Å². The molecule has 4 N–H and O–H groups in total. The van der Waals surface area contributed by atoms with E-state index in [9.17, 15) is 19.1 Å². The van der Waals surface area contributed by atoms with Crippen LogP contribution in [-0.4, -0.2) is 53.8 Å². The van der Waals surface area contributed by atoms with Crippen LogP contribution in [0.5, 0.6) is 0 Å². The normalized spacial score (nSPS) is 24.9. The lowest BCUT2D eigenvalue weighted by atomic mass is 9.89. The Bertz CT molecular complexity index is 1130. The first kappa shape index (κ1) is 23.8. The van der Waals surface area contributed by atoms with E-state index in [1.54, 1.807) is 4.90 Å². The van der Waals surface area contributed by atoms with Crippen molar-refractivity contribution in [3.63, 3.8) is 0 Å². The Morgan fingerprint density at radius 1 is 1.20 bits per heavy atom. The highest BCUT2D eigenvalue weighted by Crippen LogP contribution is 2.39. The summed E-state index contributed by atoms with van der Waals surface area (Å²) in [6.45, 7) is 0.953. The van der Waals surface area contributed by atoms with Crippen molar-refractivity contribution in [2.24, 2.45) is 0 Å². The molecule has 2 aromatic carbocycles. The fourth-order valence-corrected chi connectivity index (χ4v) is 5.38. The minimum absolute atomic E-state index is 0.0133. The van der Waals surface area contributed by atoms with Crippen molar-refractivity contribution in [1.82, 2.24) is 15.5 Å². The maximum absolute atomic E-state index is 13.7. The molecule has 0 radical (unpaired) electrons. The van der Waals surface area contributed by atoms with E-state index in [-0.39, 0.29) is 37.2 Å². The molecule has 3 amide bonds. The molecular formula is C25H28ClFN4O4. The number of benzene rings is 2. The smallest absolute Gasteiger partial charge is 0.315 e. The number of hydrogen-bond acceptors (Lipinski definition) is 5. The van der Waals surface area contributed by atoms with Gasteiger partial charge in [-0.25, -0.2) is 9.18 Å². The second-order valence-corrected chi connectivity index (χ2v) is 9.65. The minimum Gasteiger partial charge on any atom is -0.389 e. The molecule has 2 bridgehead atoms. The Morgan fingerprint density at radius 3 is 2.91 bits per heavy atom. The van der Waals surface area contributed by atoms with Crippen LogP contribution in [-0.2, 0) is 16.1 Å². The van der Waals surface area contributed by atoms with Crippen LogP contribution < -0.4 is 16.0 Å². The molecule has 0 aromatic heterocycles.